The number of nitrogens with one attached hydrogen (secondary N) is 2. The van der Waals surface area contributed by atoms with Gasteiger partial charge in [0.15, 0.2) is 0 Å². The number of nitrogens with zero attached hydrogens (tertiary/aromatic N) is 1. The van der Waals surface area contributed by atoms with Crippen LogP contribution < -0.4 is 10.7 Å². The first kappa shape index (κ1) is 20.0. The molecule has 0 spiro atoms. The number of halogens is 1. The number of benzene rings is 2. The fourth-order valence-corrected chi connectivity index (χ4v) is 3.93. The van der Waals surface area contributed by atoms with Crippen LogP contribution >= 0.6 is 22.9 Å². The molecule has 0 aliphatic heterocycles. The third-order valence-corrected chi connectivity index (χ3v) is 5.81. The summed E-state index contributed by atoms with van der Waals surface area (Å²) < 4.78 is 0.951. The fraction of sp³-hybridized carbons (Fsp3) is 0.190. The first-order chi connectivity index (χ1) is 13.4. The van der Waals surface area contributed by atoms with Crippen LogP contribution in [0.2, 0.25) is 5.02 Å². The van der Waals surface area contributed by atoms with E-state index in [1.165, 1.54) is 11.3 Å². The third-order valence-electron chi connectivity index (χ3n) is 4.14. The van der Waals surface area contributed by atoms with E-state index in [2.05, 4.69) is 15.8 Å². The van der Waals surface area contributed by atoms with Crippen LogP contribution in [0.3, 0.4) is 0 Å². The fourth-order valence-electron chi connectivity index (χ4n) is 2.52. The van der Waals surface area contributed by atoms with Crippen LogP contribution in [0.25, 0.3) is 10.1 Å². The van der Waals surface area contributed by atoms with Crippen molar-refractivity contribution >= 4 is 56.2 Å². The summed E-state index contributed by atoms with van der Waals surface area (Å²) in [6, 6.07) is 14.9. The summed E-state index contributed by atoms with van der Waals surface area (Å²) in [6.45, 7) is 5.46. The minimum atomic E-state index is -0.352. The van der Waals surface area contributed by atoms with Crippen LogP contribution in [0, 0.1) is 5.92 Å². The summed E-state index contributed by atoms with van der Waals surface area (Å²) in [4.78, 5) is 24.8. The first-order valence-electron chi connectivity index (χ1n) is 8.79. The van der Waals surface area contributed by atoms with Gasteiger partial charge in [0.05, 0.1) is 10.7 Å². The average Bonchev–Trinajstić information content (AvgIpc) is 3.03. The molecular formula is C21H20ClN3O2S. The number of carbonyl (C=O) groups is 2. The average molecular weight is 414 g/mol. The van der Waals surface area contributed by atoms with Crippen LogP contribution in [0.1, 0.15) is 36.0 Å². The van der Waals surface area contributed by atoms with E-state index in [1.54, 1.807) is 6.92 Å². The van der Waals surface area contributed by atoms with Crippen molar-refractivity contribution in [2.75, 3.05) is 5.32 Å². The molecular weight excluding hydrogens is 394 g/mol. The summed E-state index contributed by atoms with van der Waals surface area (Å²) >= 11 is 7.67. The van der Waals surface area contributed by atoms with E-state index in [9.17, 15) is 9.59 Å². The Hall–Kier alpha value is -2.70. The molecule has 0 fully saturated rings. The molecule has 2 aromatic carbocycles. The molecule has 0 aliphatic carbocycles. The van der Waals surface area contributed by atoms with Gasteiger partial charge in [0.1, 0.15) is 4.88 Å². The lowest BCUT2D eigenvalue weighted by Gasteiger charge is -2.09. The largest absolute Gasteiger partial charge is 0.326 e. The number of hydrazone groups is 1. The lowest BCUT2D eigenvalue weighted by Crippen LogP contribution is -2.19. The molecule has 3 aromatic rings. The summed E-state index contributed by atoms with van der Waals surface area (Å²) in [5, 5.41) is 8.33. The van der Waals surface area contributed by atoms with E-state index >= 15 is 0 Å². The molecule has 0 aliphatic rings. The Balaban J connectivity index is 1.75. The van der Waals surface area contributed by atoms with Gasteiger partial charge in [0.25, 0.3) is 5.91 Å². The van der Waals surface area contributed by atoms with Crippen molar-refractivity contribution in [3.8, 4) is 0 Å². The van der Waals surface area contributed by atoms with E-state index in [4.69, 9.17) is 11.6 Å². The number of hydrogen-bond donors (Lipinski definition) is 2. The van der Waals surface area contributed by atoms with Gasteiger partial charge in [-0.15, -0.1) is 11.3 Å². The molecule has 28 heavy (non-hydrogen) atoms. The van der Waals surface area contributed by atoms with Gasteiger partial charge in [0.2, 0.25) is 5.91 Å². The zero-order valence-electron chi connectivity index (χ0n) is 15.7. The molecule has 144 valence electrons. The highest BCUT2D eigenvalue weighted by molar-refractivity contribution is 7.21. The zero-order valence-corrected chi connectivity index (χ0v) is 17.3. The van der Waals surface area contributed by atoms with Crippen LogP contribution in [0.5, 0.6) is 0 Å². The maximum atomic E-state index is 12.5. The van der Waals surface area contributed by atoms with Crippen molar-refractivity contribution in [3.05, 3.63) is 64.0 Å². The maximum absolute atomic E-state index is 12.5. The Morgan fingerprint density at radius 2 is 1.86 bits per heavy atom. The quantitative estimate of drug-likeness (QED) is 0.440. The SMILES string of the molecule is C/C(=N/NC(=O)c1sc2ccccc2c1Cl)c1cccc(NC(=O)C(C)C)c1. The molecule has 1 aromatic heterocycles. The number of carbonyl (C=O) groups excluding carboxylic acids is 2. The molecule has 0 radical (unpaired) electrons. The Bertz CT molecular complexity index is 1070. The lowest BCUT2D eigenvalue weighted by molar-refractivity contribution is -0.118. The number of fused-ring (bicyclic) bond motifs is 1. The predicted molar refractivity (Wildman–Crippen MR) is 116 cm³/mol. The van der Waals surface area contributed by atoms with Crippen molar-refractivity contribution in [2.24, 2.45) is 11.0 Å². The number of anilines is 1. The van der Waals surface area contributed by atoms with Gasteiger partial charge in [-0.05, 0) is 30.7 Å². The standard InChI is InChI=1S/C21H20ClN3O2S/c1-12(2)20(26)23-15-8-6-7-14(11-15)13(3)24-25-21(27)19-18(22)16-9-4-5-10-17(16)28-19/h4-12H,1-3H3,(H,23,26)(H,25,27)/b24-13-. The van der Waals surface area contributed by atoms with E-state index in [-0.39, 0.29) is 17.7 Å². The van der Waals surface area contributed by atoms with Gasteiger partial charge >= 0.3 is 0 Å². The van der Waals surface area contributed by atoms with Gasteiger partial charge in [-0.2, -0.15) is 5.10 Å². The molecule has 5 nitrogen and oxygen atoms in total. The zero-order chi connectivity index (χ0) is 20.3. The second-order valence-electron chi connectivity index (χ2n) is 6.60. The van der Waals surface area contributed by atoms with Gasteiger partial charge in [-0.1, -0.05) is 55.8 Å². The van der Waals surface area contributed by atoms with Gasteiger partial charge < -0.3 is 5.32 Å². The molecule has 0 unspecified atom stereocenters. The normalized spacial score (nSPS) is 11.7. The molecule has 0 bridgehead atoms. The first-order valence-corrected chi connectivity index (χ1v) is 9.99. The smallest absolute Gasteiger partial charge is 0.283 e. The minimum absolute atomic E-state index is 0.0561. The molecule has 2 N–H and O–H groups in total. The number of hydrogen-bond acceptors (Lipinski definition) is 4. The molecule has 0 atom stereocenters. The van der Waals surface area contributed by atoms with Gasteiger partial charge in [-0.3, -0.25) is 9.59 Å². The topological polar surface area (TPSA) is 70.6 Å². The van der Waals surface area contributed by atoms with E-state index in [0.29, 0.717) is 21.3 Å². The Morgan fingerprint density at radius 1 is 1.11 bits per heavy atom. The molecule has 3 rings (SSSR count). The molecule has 0 saturated heterocycles. The highest BCUT2D eigenvalue weighted by Gasteiger charge is 2.16. The van der Waals surface area contributed by atoms with Gasteiger partial charge in [0, 0.05) is 21.7 Å². The Labute approximate surface area is 172 Å². The Morgan fingerprint density at radius 3 is 2.57 bits per heavy atom. The summed E-state index contributed by atoms with van der Waals surface area (Å²) in [5.41, 5.74) is 4.66. The monoisotopic (exact) mass is 413 g/mol. The minimum Gasteiger partial charge on any atom is -0.326 e. The van der Waals surface area contributed by atoms with Crippen LogP contribution in [-0.4, -0.2) is 17.5 Å². The van der Waals surface area contributed by atoms with Crippen molar-refractivity contribution < 1.29 is 9.59 Å². The van der Waals surface area contributed by atoms with Gasteiger partial charge in [-0.25, -0.2) is 5.43 Å². The van der Waals surface area contributed by atoms with E-state index in [0.717, 1.165) is 15.6 Å². The summed E-state index contributed by atoms with van der Waals surface area (Å²) in [6.07, 6.45) is 0. The molecule has 0 saturated carbocycles. The lowest BCUT2D eigenvalue weighted by atomic mass is 10.1. The van der Waals surface area contributed by atoms with Crippen molar-refractivity contribution in [2.45, 2.75) is 20.8 Å². The molecule has 7 heteroatoms. The summed E-state index contributed by atoms with van der Waals surface area (Å²) in [5.74, 6) is -0.516. The summed E-state index contributed by atoms with van der Waals surface area (Å²) in [7, 11) is 0. The number of amides is 2. The van der Waals surface area contributed by atoms with Crippen LogP contribution in [0.4, 0.5) is 5.69 Å². The van der Waals surface area contributed by atoms with E-state index < -0.39 is 0 Å². The molecule has 2 amide bonds. The second kappa shape index (κ2) is 8.54. The van der Waals surface area contributed by atoms with Crippen LogP contribution in [-0.2, 0) is 4.79 Å². The number of rotatable bonds is 5. The highest BCUT2D eigenvalue weighted by atomic mass is 35.5. The second-order valence-corrected chi connectivity index (χ2v) is 8.03. The van der Waals surface area contributed by atoms with Crippen molar-refractivity contribution in [1.29, 1.82) is 0 Å². The Kier molecular flexibility index (Phi) is 6.11. The van der Waals surface area contributed by atoms with Crippen molar-refractivity contribution in [1.82, 2.24) is 5.43 Å². The van der Waals surface area contributed by atoms with Crippen LogP contribution in [0.15, 0.2) is 53.6 Å². The molecule has 1 heterocycles. The van der Waals surface area contributed by atoms with E-state index in [1.807, 2.05) is 62.4 Å². The number of thiophene rings is 1. The highest BCUT2D eigenvalue weighted by Crippen LogP contribution is 2.34. The third kappa shape index (κ3) is 4.40. The predicted octanol–water partition coefficient (Wildman–Crippen LogP) is 5.30. The maximum Gasteiger partial charge on any atom is 0.283 e. The van der Waals surface area contributed by atoms with Crippen molar-refractivity contribution in [3.63, 3.8) is 0 Å².